The molecule has 154 valence electrons. The molecule has 0 saturated heterocycles. The van der Waals surface area contributed by atoms with Crippen molar-refractivity contribution in [1.82, 2.24) is 0 Å². The van der Waals surface area contributed by atoms with Crippen molar-refractivity contribution in [3.8, 4) is 5.75 Å². The molecule has 0 amide bonds. The largest absolute Gasteiger partial charge is 0.487 e. The summed E-state index contributed by atoms with van der Waals surface area (Å²) in [6, 6.07) is 20.9. The van der Waals surface area contributed by atoms with Gasteiger partial charge in [0.15, 0.2) is 0 Å². The van der Waals surface area contributed by atoms with Crippen molar-refractivity contribution in [2.45, 2.75) is 6.61 Å². The van der Waals surface area contributed by atoms with Crippen molar-refractivity contribution in [3.63, 3.8) is 0 Å². The number of carboxylic acid groups (broad SMARTS) is 1. The van der Waals surface area contributed by atoms with E-state index in [1.54, 1.807) is 36.4 Å². The molecule has 0 aliphatic carbocycles. The molecule has 0 saturated carbocycles. The highest BCUT2D eigenvalue weighted by Crippen LogP contribution is 2.28. The van der Waals surface area contributed by atoms with Gasteiger partial charge in [-0.1, -0.05) is 65.3 Å². The SMILES string of the molecule is O=C1ON=C(c2ccccc2)/C1=C/c1ccc(OCc2ccc(C(=O)O)cc2)c(Cl)c1. The summed E-state index contributed by atoms with van der Waals surface area (Å²) in [4.78, 5) is 27.9. The van der Waals surface area contributed by atoms with Crippen molar-refractivity contribution >= 4 is 35.3 Å². The van der Waals surface area contributed by atoms with Crippen molar-refractivity contribution in [2.24, 2.45) is 5.16 Å². The summed E-state index contributed by atoms with van der Waals surface area (Å²) in [6.45, 7) is 0.233. The van der Waals surface area contributed by atoms with E-state index in [4.69, 9.17) is 26.3 Å². The Morgan fingerprint density at radius 3 is 2.48 bits per heavy atom. The van der Waals surface area contributed by atoms with Crippen LogP contribution in [0.25, 0.3) is 6.08 Å². The van der Waals surface area contributed by atoms with Crippen LogP contribution in [-0.2, 0) is 16.2 Å². The molecule has 0 fully saturated rings. The zero-order valence-electron chi connectivity index (χ0n) is 16.1. The van der Waals surface area contributed by atoms with E-state index in [1.807, 2.05) is 30.3 Å². The highest BCUT2D eigenvalue weighted by atomic mass is 35.5. The first-order chi connectivity index (χ1) is 15.0. The Bertz CT molecular complexity index is 1200. The van der Waals surface area contributed by atoms with Crippen LogP contribution in [0, 0.1) is 0 Å². The lowest BCUT2D eigenvalue weighted by Crippen LogP contribution is -2.06. The van der Waals surface area contributed by atoms with Gasteiger partial charge in [-0.05, 0) is 41.5 Å². The van der Waals surface area contributed by atoms with E-state index < -0.39 is 11.9 Å². The maximum Gasteiger partial charge on any atom is 0.368 e. The molecule has 3 aromatic rings. The first-order valence-corrected chi connectivity index (χ1v) is 9.70. The van der Waals surface area contributed by atoms with Gasteiger partial charge in [-0.2, -0.15) is 0 Å². The van der Waals surface area contributed by atoms with Crippen LogP contribution in [0.3, 0.4) is 0 Å². The van der Waals surface area contributed by atoms with Gasteiger partial charge in [-0.3, -0.25) is 0 Å². The normalized spacial score (nSPS) is 14.3. The van der Waals surface area contributed by atoms with Gasteiger partial charge in [0.1, 0.15) is 18.1 Å². The van der Waals surface area contributed by atoms with Gasteiger partial charge in [0, 0.05) is 5.56 Å². The predicted molar refractivity (Wildman–Crippen MR) is 116 cm³/mol. The van der Waals surface area contributed by atoms with Crippen LogP contribution in [0.5, 0.6) is 5.75 Å². The van der Waals surface area contributed by atoms with Crippen LogP contribution in [0.15, 0.2) is 83.5 Å². The first kappa shape index (κ1) is 20.4. The fourth-order valence-corrected chi connectivity index (χ4v) is 3.25. The zero-order valence-corrected chi connectivity index (χ0v) is 16.9. The molecule has 1 aliphatic heterocycles. The van der Waals surface area contributed by atoms with Crippen LogP contribution in [-0.4, -0.2) is 22.8 Å². The third kappa shape index (κ3) is 4.65. The molecule has 6 nitrogen and oxygen atoms in total. The van der Waals surface area contributed by atoms with Crippen LogP contribution < -0.4 is 4.74 Å². The quantitative estimate of drug-likeness (QED) is 0.438. The summed E-state index contributed by atoms with van der Waals surface area (Å²) >= 11 is 6.36. The first-order valence-electron chi connectivity index (χ1n) is 9.32. The molecule has 0 aromatic heterocycles. The number of carbonyl (C=O) groups is 2. The topological polar surface area (TPSA) is 85.2 Å². The van der Waals surface area contributed by atoms with E-state index in [0.29, 0.717) is 27.6 Å². The fourth-order valence-electron chi connectivity index (χ4n) is 3.01. The minimum Gasteiger partial charge on any atom is -0.487 e. The van der Waals surface area contributed by atoms with Crippen molar-refractivity contribution in [3.05, 3.63) is 106 Å². The van der Waals surface area contributed by atoms with Crippen LogP contribution in [0.1, 0.15) is 27.0 Å². The Balaban J connectivity index is 1.50. The second-order valence-corrected chi connectivity index (χ2v) is 7.13. The number of benzene rings is 3. The number of hydrogen-bond donors (Lipinski definition) is 1. The molecule has 0 atom stereocenters. The lowest BCUT2D eigenvalue weighted by molar-refractivity contribution is -0.136. The fraction of sp³-hybridized carbons (Fsp3) is 0.0417. The summed E-state index contributed by atoms with van der Waals surface area (Å²) in [5.74, 6) is -1.04. The maximum absolute atomic E-state index is 12.1. The van der Waals surface area contributed by atoms with Crippen LogP contribution >= 0.6 is 11.6 Å². The van der Waals surface area contributed by atoms with Gasteiger partial charge in [-0.25, -0.2) is 9.59 Å². The molecule has 0 unspecified atom stereocenters. The molecular formula is C24H16ClNO5. The van der Waals surface area contributed by atoms with Crippen molar-refractivity contribution in [1.29, 1.82) is 0 Å². The monoisotopic (exact) mass is 433 g/mol. The molecule has 1 N–H and O–H groups in total. The third-order valence-corrected chi connectivity index (χ3v) is 4.90. The number of halogens is 1. The minimum atomic E-state index is -0.980. The van der Waals surface area contributed by atoms with E-state index in [2.05, 4.69) is 5.16 Å². The van der Waals surface area contributed by atoms with Crippen LogP contribution in [0.2, 0.25) is 5.02 Å². The Morgan fingerprint density at radius 2 is 1.81 bits per heavy atom. The average molecular weight is 434 g/mol. The summed E-state index contributed by atoms with van der Waals surface area (Å²) in [5, 5.41) is 13.2. The molecule has 7 heteroatoms. The molecule has 0 spiro atoms. The van der Waals surface area contributed by atoms with E-state index in [9.17, 15) is 9.59 Å². The van der Waals surface area contributed by atoms with E-state index in [-0.39, 0.29) is 12.2 Å². The molecule has 0 bridgehead atoms. The lowest BCUT2D eigenvalue weighted by atomic mass is 10.0. The standard InChI is InChI=1S/C24H16ClNO5/c25-20-13-16(12-19-22(26-31-24(19)29)17-4-2-1-3-5-17)8-11-21(20)30-14-15-6-9-18(10-7-15)23(27)28/h1-13H,14H2,(H,27,28)/b19-12-. The number of nitrogens with zero attached hydrogens (tertiary/aromatic N) is 1. The van der Waals surface area contributed by atoms with Gasteiger partial charge in [-0.15, -0.1) is 0 Å². The second kappa shape index (κ2) is 8.85. The average Bonchev–Trinajstić information content (AvgIpc) is 3.14. The summed E-state index contributed by atoms with van der Waals surface area (Å²) in [7, 11) is 0. The smallest absolute Gasteiger partial charge is 0.368 e. The lowest BCUT2D eigenvalue weighted by Gasteiger charge is -2.09. The van der Waals surface area contributed by atoms with Gasteiger partial charge in [0.2, 0.25) is 0 Å². The van der Waals surface area contributed by atoms with E-state index >= 15 is 0 Å². The molecule has 3 aromatic carbocycles. The van der Waals surface area contributed by atoms with Gasteiger partial charge in [0.25, 0.3) is 0 Å². The van der Waals surface area contributed by atoms with Crippen molar-refractivity contribution in [2.75, 3.05) is 0 Å². The maximum atomic E-state index is 12.1. The molecule has 0 radical (unpaired) electrons. The van der Waals surface area contributed by atoms with Gasteiger partial charge >= 0.3 is 11.9 Å². The zero-order chi connectivity index (χ0) is 21.8. The number of ether oxygens (including phenoxy) is 1. The van der Waals surface area contributed by atoms with Crippen molar-refractivity contribution < 1.29 is 24.3 Å². The Labute approximate surface area is 183 Å². The molecule has 1 aliphatic rings. The van der Waals surface area contributed by atoms with Gasteiger partial charge < -0.3 is 14.7 Å². The summed E-state index contributed by atoms with van der Waals surface area (Å²) in [6.07, 6.45) is 1.67. The number of hydrogen-bond acceptors (Lipinski definition) is 5. The minimum absolute atomic E-state index is 0.211. The third-order valence-electron chi connectivity index (χ3n) is 4.60. The second-order valence-electron chi connectivity index (χ2n) is 6.72. The highest BCUT2D eigenvalue weighted by molar-refractivity contribution is 6.33. The highest BCUT2D eigenvalue weighted by Gasteiger charge is 2.26. The number of carboxylic acids is 1. The van der Waals surface area contributed by atoms with Crippen LogP contribution in [0.4, 0.5) is 0 Å². The molecular weight excluding hydrogens is 418 g/mol. The number of oxime groups is 1. The Hall–Kier alpha value is -3.90. The molecule has 31 heavy (non-hydrogen) atoms. The number of rotatable bonds is 6. The molecule has 1 heterocycles. The van der Waals surface area contributed by atoms with E-state index in [0.717, 1.165) is 11.1 Å². The summed E-state index contributed by atoms with van der Waals surface area (Å²) < 4.78 is 5.74. The molecule has 4 rings (SSSR count). The Morgan fingerprint density at radius 1 is 1.06 bits per heavy atom. The predicted octanol–water partition coefficient (Wildman–Crippen LogP) is 4.96. The number of aromatic carboxylic acids is 1. The van der Waals surface area contributed by atoms with Gasteiger partial charge in [0.05, 0.1) is 16.2 Å². The summed E-state index contributed by atoms with van der Waals surface area (Å²) in [5.41, 5.74) is 3.30. The number of carbonyl (C=O) groups excluding carboxylic acids is 1. The Kier molecular flexibility index (Phi) is 5.82. The van der Waals surface area contributed by atoms with E-state index in [1.165, 1.54) is 12.1 Å².